The van der Waals surface area contributed by atoms with E-state index in [1.807, 2.05) is 51.4 Å². The fourth-order valence-electron chi connectivity index (χ4n) is 2.01. The lowest BCUT2D eigenvalue weighted by atomic mass is 10.1. The molecule has 0 unspecified atom stereocenters. The topological polar surface area (TPSA) is 59.0 Å². The molecular formula is C15H20N4O. The summed E-state index contributed by atoms with van der Waals surface area (Å²) in [4.78, 5) is 12.3. The molecule has 2 N–H and O–H groups in total. The van der Waals surface area contributed by atoms with Crippen molar-refractivity contribution in [3.05, 3.63) is 47.3 Å². The van der Waals surface area contributed by atoms with E-state index in [4.69, 9.17) is 0 Å². The molecule has 1 aromatic heterocycles. The molecule has 106 valence electrons. The first kappa shape index (κ1) is 14.1. The molecule has 1 amide bonds. The van der Waals surface area contributed by atoms with Gasteiger partial charge in [-0.05, 0) is 32.0 Å². The zero-order valence-corrected chi connectivity index (χ0v) is 12.1. The van der Waals surface area contributed by atoms with Crippen LogP contribution >= 0.6 is 0 Å². The third-order valence-electron chi connectivity index (χ3n) is 2.99. The first-order chi connectivity index (χ1) is 9.60. The Morgan fingerprint density at radius 1 is 1.35 bits per heavy atom. The number of nitrogens with one attached hydrogen (secondary N) is 2. The fourth-order valence-corrected chi connectivity index (χ4v) is 2.01. The predicted octanol–water partition coefficient (Wildman–Crippen LogP) is 2.09. The largest absolute Gasteiger partial charge is 0.385 e. The smallest absolute Gasteiger partial charge is 0.253 e. The first-order valence-corrected chi connectivity index (χ1v) is 6.71. The van der Waals surface area contributed by atoms with E-state index in [1.54, 1.807) is 4.68 Å². The molecule has 0 bridgehead atoms. The lowest BCUT2D eigenvalue weighted by molar-refractivity contribution is 0.0951. The number of carbonyl (C=O) groups is 1. The van der Waals surface area contributed by atoms with E-state index in [1.165, 1.54) is 0 Å². The van der Waals surface area contributed by atoms with Crippen molar-refractivity contribution >= 4 is 11.6 Å². The van der Waals surface area contributed by atoms with E-state index < -0.39 is 0 Å². The summed E-state index contributed by atoms with van der Waals surface area (Å²) < 4.78 is 1.72. The van der Waals surface area contributed by atoms with Gasteiger partial charge in [-0.3, -0.25) is 9.48 Å². The van der Waals surface area contributed by atoms with Crippen LogP contribution in [0, 0.1) is 6.92 Å². The van der Waals surface area contributed by atoms with Crippen LogP contribution in [0.25, 0.3) is 0 Å². The molecule has 2 aromatic rings. The number of aromatic nitrogens is 2. The number of carbonyl (C=O) groups excluding carboxylic acids is 1. The van der Waals surface area contributed by atoms with Gasteiger partial charge in [0, 0.05) is 25.5 Å². The number of nitrogens with zero attached hydrogens (tertiary/aromatic N) is 2. The Kier molecular flexibility index (Phi) is 4.40. The molecule has 0 saturated carbocycles. The molecule has 5 nitrogen and oxygen atoms in total. The average Bonchev–Trinajstić information content (AvgIpc) is 2.84. The van der Waals surface area contributed by atoms with Crippen LogP contribution in [0.4, 0.5) is 5.69 Å². The Bertz CT molecular complexity index is 604. The second-order valence-electron chi connectivity index (χ2n) is 4.74. The van der Waals surface area contributed by atoms with E-state index in [0.29, 0.717) is 12.1 Å². The Labute approximate surface area is 119 Å². The highest BCUT2D eigenvalue weighted by Crippen LogP contribution is 2.17. The van der Waals surface area contributed by atoms with Crippen molar-refractivity contribution in [2.45, 2.75) is 20.4 Å². The van der Waals surface area contributed by atoms with Gasteiger partial charge >= 0.3 is 0 Å². The Hall–Kier alpha value is -2.30. The standard InChI is InChI=1S/C15H20N4O/c1-4-16-14-6-5-11(2)9-13(14)15(20)17-10-12-7-8-19(3)18-12/h5-9,16H,4,10H2,1-3H3,(H,17,20). The number of amides is 1. The van der Waals surface area contributed by atoms with Crippen LogP contribution in [0.5, 0.6) is 0 Å². The van der Waals surface area contributed by atoms with Crippen LogP contribution in [0.3, 0.4) is 0 Å². The minimum Gasteiger partial charge on any atom is -0.385 e. The van der Waals surface area contributed by atoms with Crippen molar-refractivity contribution in [2.24, 2.45) is 7.05 Å². The fraction of sp³-hybridized carbons (Fsp3) is 0.333. The Morgan fingerprint density at radius 3 is 2.80 bits per heavy atom. The normalized spacial score (nSPS) is 10.3. The molecular weight excluding hydrogens is 252 g/mol. The van der Waals surface area contributed by atoms with Crippen molar-refractivity contribution < 1.29 is 4.79 Å². The first-order valence-electron chi connectivity index (χ1n) is 6.71. The summed E-state index contributed by atoms with van der Waals surface area (Å²) in [7, 11) is 1.86. The van der Waals surface area contributed by atoms with Gasteiger partial charge in [0.2, 0.25) is 0 Å². The van der Waals surface area contributed by atoms with Crippen LogP contribution in [0.2, 0.25) is 0 Å². The number of anilines is 1. The van der Waals surface area contributed by atoms with E-state index in [0.717, 1.165) is 23.5 Å². The second kappa shape index (κ2) is 6.23. The van der Waals surface area contributed by atoms with Crippen molar-refractivity contribution in [1.82, 2.24) is 15.1 Å². The van der Waals surface area contributed by atoms with E-state index in [-0.39, 0.29) is 5.91 Å². The number of hydrogen-bond acceptors (Lipinski definition) is 3. The molecule has 0 spiro atoms. The average molecular weight is 272 g/mol. The van der Waals surface area contributed by atoms with Gasteiger partial charge in [0.05, 0.1) is 17.8 Å². The molecule has 5 heteroatoms. The van der Waals surface area contributed by atoms with Gasteiger partial charge in [0.25, 0.3) is 5.91 Å². The zero-order valence-electron chi connectivity index (χ0n) is 12.1. The highest BCUT2D eigenvalue weighted by atomic mass is 16.1. The van der Waals surface area contributed by atoms with Gasteiger partial charge in [0.15, 0.2) is 0 Å². The van der Waals surface area contributed by atoms with Crippen molar-refractivity contribution in [3.8, 4) is 0 Å². The summed E-state index contributed by atoms with van der Waals surface area (Å²) in [5.41, 5.74) is 3.44. The number of aryl methyl sites for hydroxylation is 2. The quantitative estimate of drug-likeness (QED) is 0.876. The van der Waals surface area contributed by atoms with Crippen LogP contribution in [-0.2, 0) is 13.6 Å². The van der Waals surface area contributed by atoms with Crippen LogP contribution in [-0.4, -0.2) is 22.2 Å². The molecule has 20 heavy (non-hydrogen) atoms. The van der Waals surface area contributed by atoms with Gasteiger partial charge in [-0.1, -0.05) is 11.6 Å². The monoisotopic (exact) mass is 272 g/mol. The summed E-state index contributed by atoms with van der Waals surface area (Å²) in [5.74, 6) is -0.0877. The maximum Gasteiger partial charge on any atom is 0.253 e. The molecule has 0 saturated heterocycles. The third-order valence-corrected chi connectivity index (χ3v) is 2.99. The maximum atomic E-state index is 12.3. The minimum atomic E-state index is -0.0877. The highest BCUT2D eigenvalue weighted by molar-refractivity contribution is 5.99. The molecule has 0 radical (unpaired) electrons. The van der Waals surface area contributed by atoms with Crippen molar-refractivity contribution in [2.75, 3.05) is 11.9 Å². The molecule has 0 aliphatic carbocycles. The van der Waals surface area contributed by atoms with Gasteiger partial charge in [0.1, 0.15) is 0 Å². The highest BCUT2D eigenvalue weighted by Gasteiger charge is 2.11. The molecule has 0 aliphatic heterocycles. The predicted molar refractivity (Wildman–Crippen MR) is 79.7 cm³/mol. The maximum absolute atomic E-state index is 12.3. The SMILES string of the molecule is CCNc1ccc(C)cc1C(=O)NCc1ccn(C)n1. The molecule has 1 heterocycles. The molecule has 0 fully saturated rings. The van der Waals surface area contributed by atoms with Gasteiger partial charge in [-0.25, -0.2) is 0 Å². The van der Waals surface area contributed by atoms with Crippen LogP contribution < -0.4 is 10.6 Å². The second-order valence-corrected chi connectivity index (χ2v) is 4.74. The number of benzene rings is 1. The van der Waals surface area contributed by atoms with Gasteiger partial charge < -0.3 is 10.6 Å². The van der Waals surface area contributed by atoms with Gasteiger partial charge in [-0.2, -0.15) is 5.10 Å². The van der Waals surface area contributed by atoms with Crippen molar-refractivity contribution in [3.63, 3.8) is 0 Å². The summed E-state index contributed by atoms with van der Waals surface area (Å²) in [5, 5.41) is 10.3. The van der Waals surface area contributed by atoms with Gasteiger partial charge in [-0.15, -0.1) is 0 Å². The summed E-state index contributed by atoms with van der Waals surface area (Å²) in [6.45, 7) is 5.20. The van der Waals surface area contributed by atoms with Crippen LogP contribution in [0.15, 0.2) is 30.5 Å². The zero-order chi connectivity index (χ0) is 14.5. The van der Waals surface area contributed by atoms with E-state index >= 15 is 0 Å². The molecule has 0 aliphatic rings. The summed E-state index contributed by atoms with van der Waals surface area (Å²) >= 11 is 0. The Balaban J connectivity index is 2.09. The van der Waals surface area contributed by atoms with E-state index in [2.05, 4.69) is 15.7 Å². The molecule has 2 rings (SSSR count). The molecule has 0 atom stereocenters. The lowest BCUT2D eigenvalue weighted by Crippen LogP contribution is -2.24. The molecule has 1 aromatic carbocycles. The number of hydrogen-bond donors (Lipinski definition) is 2. The van der Waals surface area contributed by atoms with E-state index in [9.17, 15) is 4.79 Å². The Morgan fingerprint density at radius 2 is 2.15 bits per heavy atom. The summed E-state index contributed by atoms with van der Waals surface area (Å²) in [6, 6.07) is 7.72. The third kappa shape index (κ3) is 3.38. The van der Waals surface area contributed by atoms with Crippen LogP contribution in [0.1, 0.15) is 28.5 Å². The van der Waals surface area contributed by atoms with Crippen molar-refractivity contribution in [1.29, 1.82) is 0 Å². The number of rotatable bonds is 5. The minimum absolute atomic E-state index is 0.0877. The lowest BCUT2D eigenvalue weighted by Gasteiger charge is -2.11. The summed E-state index contributed by atoms with van der Waals surface area (Å²) in [6.07, 6.45) is 1.86.